The van der Waals surface area contributed by atoms with Gasteiger partial charge in [0.25, 0.3) is 5.91 Å². The van der Waals surface area contributed by atoms with E-state index in [1.54, 1.807) is 0 Å². The predicted octanol–water partition coefficient (Wildman–Crippen LogP) is 3.37. The molecule has 1 atom stereocenters. The molecule has 3 rings (SSSR count). The monoisotopic (exact) mass is 358 g/mol. The fourth-order valence-corrected chi connectivity index (χ4v) is 3.85. The summed E-state index contributed by atoms with van der Waals surface area (Å²) in [7, 11) is 0. The zero-order chi connectivity index (χ0) is 17.6. The highest BCUT2D eigenvalue weighted by Crippen LogP contribution is 2.23. The minimum Gasteiger partial charge on any atom is -0.508 e. The number of carbonyl (C=O) groups is 2. The van der Waals surface area contributed by atoms with E-state index in [2.05, 4.69) is 10.6 Å². The highest BCUT2D eigenvalue weighted by molar-refractivity contribution is 7.10. The number of phenols is 1. The zero-order valence-electron chi connectivity index (χ0n) is 13.9. The van der Waals surface area contributed by atoms with Gasteiger partial charge in [0.15, 0.2) is 0 Å². The van der Waals surface area contributed by atoms with Gasteiger partial charge in [0.2, 0.25) is 5.91 Å². The van der Waals surface area contributed by atoms with Gasteiger partial charge in [-0.15, -0.1) is 11.3 Å². The summed E-state index contributed by atoms with van der Waals surface area (Å²) in [6, 6.07) is 9.19. The number of aromatic hydroxyl groups is 1. The molecular weight excluding hydrogens is 336 g/mol. The van der Waals surface area contributed by atoms with Crippen LogP contribution in [0.3, 0.4) is 0 Å². The predicted molar refractivity (Wildman–Crippen MR) is 97.6 cm³/mol. The molecule has 1 aromatic heterocycles. The molecule has 1 aliphatic carbocycles. The van der Waals surface area contributed by atoms with Gasteiger partial charge in [0.05, 0.1) is 0 Å². The molecule has 0 spiro atoms. The second-order valence-corrected chi connectivity index (χ2v) is 7.29. The van der Waals surface area contributed by atoms with Crippen LogP contribution in [0.5, 0.6) is 5.75 Å². The average molecular weight is 358 g/mol. The van der Waals surface area contributed by atoms with Crippen LogP contribution < -0.4 is 10.6 Å². The van der Waals surface area contributed by atoms with E-state index in [0.717, 1.165) is 30.6 Å². The standard InChI is InChI=1S/C19H22N2O3S/c22-15-10-8-13(9-11-15)18(23)21-17(16-7-4-12-25-16)19(24)20-14-5-2-1-3-6-14/h4,7-12,14,17,22H,1-3,5-6H2,(H,20,24)(H,21,23). The van der Waals surface area contributed by atoms with Crippen LogP contribution in [-0.2, 0) is 4.79 Å². The third kappa shape index (κ3) is 4.60. The molecule has 25 heavy (non-hydrogen) atoms. The van der Waals surface area contributed by atoms with Crippen molar-refractivity contribution in [3.63, 3.8) is 0 Å². The van der Waals surface area contributed by atoms with E-state index in [4.69, 9.17) is 0 Å². The van der Waals surface area contributed by atoms with E-state index in [9.17, 15) is 14.7 Å². The molecule has 1 heterocycles. The minimum absolute atomic E-state index is 0.0985. The lowest BCUT2D eigenvalue weighted by atomic mass is 9.95. The van der Waals surface area contributed by atoms with Gasteiger partial charge in [0, 0.05) is 16.5 Å². The Bertz CT molecular complexity index is 707. The Morgan fingerprint density at radius 1 is 1.08 bits per heavy atom. The fourth-order valence-electron chi connectivity index (χ4n) is 3.08. The maximum atomic E-state index is 12.8. The van der Waals surface area contributed by atoms with Gasteiger partial charge < -0.3 is 15.7 Å². The molecule has 1 saturated carbocycles. The number of thiophene rings is 1. The smallest absolute Gasteiger partial charge is 0.252 e. The summed E-state index contributed by atoms with van der Waals surface area (Å²) in [6.45, 7) is 0. The van der Waals surface area contributed by atoms with Crippen molar-refractivity contribution in [1.29, 1.82) is 0 Å². The topological polar surface area (TPSA) is 78.4 Å². The third-order valence-corrected chi connectivity index (χ3v) is 5.38. The maximum Gasteiger partial charge on any atom is 0.252 e. The van der Waals surface area contributed by atoms with Crippen molar-refractivity contribution >= 4 is 23.2 Å². The molecule has 3 N–H and O–H groups in total. The Kier molecular flexibility index (Phi) is 5.71. The molecule has 0 saturated heterocycles. The molecule has 0 aliphatic heterocycles. The normalized spacial score (nSPS) is 16.2. The quantitative estimate of drug-likeness (QED) is 0.767. The van der Waals surface area contributed by atoms with Gasteiger partial charge in [-0.2, -0.15) is 0 Å². The largest absolute Gasteiger partial charge is 0.508 e. The fraction of sp³-hybridized carbons (Fsp3) is 0.368. The summed E-state index contributed by atoms with van der Waals surface area (Å²) in [4.78, 5) is 26.1. The molecule has 0 bridgehead atoms. The van der Waals surface area contributed by atoms with Crippen molar-refractivity contribution in [2.45, 2.75) is 44.2 Å². The van der Waals surface area contributed by atoms with Crippen LogP contribution in [0.2, 0.25) is 0 Å². The van der Waals surface area contributed by atoms with Crippen molar-refractivity contribution < 1.29 is 14.7 Å². The van der Waals surface area contributed by atoms with E-state index in [1.807, 2.05) is 17.5 Å². The number of amides is 2. The Hall–Kier alpha value is -2.34. The van der Waals surface area contributed by atoms with Crippen LogP contribution in [0.1, 0.15) is 53.4 Å². The molecule has 0 radical (unpaired) electrons. The van der Waals surface area contributed by atoms with Crippen molar-refractivity contribution in [2.24, 2.45) is 0 Å². The minimum atomic E-state index is -0.705. The van der Waals surface area contributed by atoms with E-state index < -0.39 is 6.04 Å². The Balaban J connectivity index is 1.72. The van der Waals surface area contributed by atoms with E-state index in [-0.39, 0.29) is 23.6 Å². The molecule has 2 aromatic rings. The number of hydrogen-bond acceptors (Lipinski definition) is 4. The van der Waals surface area contributed by atoms with Crippen LogP contribution in [0.4, 0.5) is 0 Å². The van der Waals surface area contributed by atoms with E-state index in [1.165, 1.54) is 42.0 Å². The van der Waals surface area contributed by atoms with Crippen LogP contribution in [0, 0.1) is 0 Å². The van der Waals surface area contributed by atoms with Crippen molar-refractivity contribution in [3.8, 4) is 5.75 Å². The Morgan fingerprint density at radius 2 is 1.80 bits per heavy atom. The SMILES string of the molecule is O=C(NC(C(=O)NC1CCCCC1)c1cccs1)c1ccc(O)cc1. The highest BCUT2D eigenvalue weighted by Gasteiger charge is 2.26. The molecular formula is C19H22N2O3S. The molecule has 2 amide bonds. The van der Waals surface area contributed by atoms with E-state index in [0.29, 0.717) is 5.56 Å². The van der Waals surface area contributed by atoms with Gasteiger partial charge in [-0.25, -0.2) is 0 Å². The molecule has 1 aromatic carbocycles. The number of nitrogens with one attached hydrogen (secondary N) is 2. The molecule has 132 valence electrons. The third-order valence-electron chi connectivity index (χ3n) is 4.45. The van der Waals surface area contributed by atoms with Crippen LogP contribution in [0.25, 0.3) is 0 Å². The lowest BCUT2D eigenvalue weighted by Crippen LogP contribution is -2.44. The summed E-state index contributed by atoms with van der Waals surface area (Å²) >= 11 is 1.45. The number of carbonyl (C=O) groups excluding carboxylic acids is 2. The van der Waals surface area contributed by atoms with Crippen molar-refractivity contribution in [2.75, 3.05) is 0 Å². The first kappa shape index (κ1) is 17.5. The Labute approximate surface area is 151 Å². The second kappa shape index (κ2) is 8.16. The molecule has 1 fully saturated rings. The van der Waals surface area contributed by atoms with Gasteiger partial charge in [-0.3, -0.25) is 9.59 Å². The van der Waals surface area contributed by atoms with Crippen LogP contribution >= 0.6 is 11.3 Å². The summed E-state index contributed by atoms with van der Waals surface area (Å²) < 4.78 is 0. The van der Waals surface area contributed by atoms with Gasteiger partial charge in [-0.1, -0.05) is 25.3 Å². The molecule has 1 aliphatic rings. The lowest BCUT2D eigenvalue weighted by Gasteiger charge is -2.25. The number of benzene rings is 1. The van der Waals surface area contributed by atoms with Crippen LogP contribution in [0.15, 0.2) is 41.8 Å². The first-order chi connectivity index (χ1) is 12.1. The van der Waals surface area contributed by atoms with Crippen molar-refractivity contribution in [3.05, 3.63) is 52.2 Å². The first-order valence-corrected chi connectivity index (χ1v) is 9.45. The number of phenolic OH excluding ortho intramolecular Hbond substituents is 1. The molecule has 6 heteroatoms. The lowest BCUT2D eigenvalue weighted by molar-refractivity contribution is -0.124. The summed E-state index contributed by atoms with van der Waals surface area (Å²) in [5.74, 6) is -0.403. The number of hydrogen-bond donors (Lipinski definition) is 3. The van der Waals surface area contributed by atoms with Crippen LogP contribution in [-0.4, -0.2) is 23.0 Å². The summed E-state index contributed by atoms with van der Waals surface area (Å²) in [5.41, 5.74) is 0.407. The van der Waals surface area contributed by atoms with Gasteiger partial charge in [-0.05, 0) is 48.6 Å². The zero-order valence-corrected chi connectivity index (χ0v) is 14.7. The molecule has 1 unspecified atom stereocenters. The maximum absolute atomic E-state index is 12.8. The number of rotatable bonds is 5. The van der Waals surface area contributed by atoms with Gasteiger partial charge in [0.1, 0.15) is 11.8 Å². The van der Waals surface area contributed by atoms with E-state index >= 15 is 0 Å². The summed E-state index contributed by atoms with van der Waals surface area (Å²) in [6.07, 6.45) is 5.48. The average Bonchev–Trinajstić information content (AvgIpc) is 3.15. The Morgan fingerprint density at radius 3 is 2.44 bits per heavy atom. The second-order valence-electron chi connectivity index (χ2n) is 6.31. The molecule has 5 nitrogen and oxygen atoms in total. The summed E-state index contributed by atoms with van der Waals surface area (Å²) in [5, 5.41) is 17.1. The van der Waals surface area contributed by atoms with Crippen molar-refractivity contribution in [1.82, 2.24) is 10.6 Å². The highest BCUT2D eigenvalue weighted by atomic mass is 32.1. The van der Waals surface area contributed by atoms with Gasteiger partial charge >= 0.3 is 0 Å². The first-order valence-electron chi connectivity index (χ1n) is 8.57.